The van der Waals surface area contributed by atoms with E-state index < -0.39 is 5.60 Å². The van der Waals surface area contributed by atoms with Crippen LogP contribution in [0.2, 0.25) is 0 Å². The van der Waals surface area contributed by atoms with E-state index in [9.17, 15) is 5.11 Å². The van der Waals surface area contributed by atoms with Crippen molar-refractivity contribution in [2.75, 3.05) is 6.54 Å². The van der Waals surface area contributed by atoms with Gasteiger partial charge in [0, 0.05) is 12.1 Å². The lowest BCUT2D eigenvalue weighted by atomic mass is 9.79. The third kappa shape index (κ3) is 2.57. The molecule has 0 radical (unpaired) electrons. The van der Waals surface area contributed by atoms with E-state index >= 15 is 0 Å². The van der Waals surface area contributed by atoms with Crippen molar-refractivity contribution in [3.05, 3.63) is 71.8 Å². The lowest BCUT2D eigenvalue weighted by Crippen LogP contribution is -2.50. The van der Waals surface area contributed by atoms with Crippen molar-refractivity contribution in [1.29, 1.82) is 0 Å². The molecular weight excluding hydrogens is 270 g/mol. The van der Waals surface area contributed by atoms with Crippen LogP contribution >= 0.6 is 0 Å². The highest BCUT2D eigenvalue weighted by molar-refractivity contribution is 5.38. The van der Waals surface area contributed by atoms with Crippen LogP contribution in [0.3, 0.4) is 0 Å². The maximum absolute atomic E-state index is 11.8. The van der Waals surface area contributed by atoms with Gasteiger partial charge in [-0.2, -0.15) is 0 Å². The van der Waals surface area contributed by atoms with Gasteiger partial charge in [-0.05, 0) is 44.4 Å². The van der Waals surface area contributed by atoms with Gasteiger partial charge in [0.25, 0.3) is 0 Å². The highest BCUT2D eigenvalue weighted by Crippen LogP contribution is 2.40. The molecule has 116 valence electrons. The highest BCUT2D eigenvalue weighted by atomic mass is 16.3. The Morgan fingerprint density at radius 2 is 1.45 bits per heavy atom. The topological polar surface area (TPSA) is 23.5 Å². The minimum absolute atomic E-state index is 0.122. The van der Waals surface area contributed by atoms with Gasteiger partial charge in [-0.15, -0.1) is 0 Å². The third-order valence-electron chi connectivity index (χ3n) is 4.87. The normalized spacial score (nSPS) is 19.7. The van der Waals surface area contributed by atoms with Crippen molar-refractivity contribution in [1.82, 2.24) is 4.90 Å². The molecule has 2 nitrogen and oxygen atoms in total. The number of likely N-dealkylation sites (tertiary alicyclic amines) is 1. The summed E-state index contributed by atoms with van der Waals surface area (Å²) in [6.07, 6.45) is 2.17. The van der Waals surface area contributed by atoms with Crippen molar-refractivity contribution in [3.8, 4) is 0 Å². The Labute approximate surface area is 133 Å². The summed E-state index contributed by atoms with van der Waals surface area (Å²) in [6.45, 7) is 5.49. The smallest absolute Gasteiger partial charge is 0.130 e. The average molecular weight is 295 g/mol. The molecule has 0 bridgehead atoms. The molecule has 1 aliphatic heterocycles. The zero-order valence-corrected chi connectivity index (χ0v) is 13.4. The minimum Gasteiger partial charge on any atom is -0.379 e. The molecule has 0 saturated carbocycles. The largest absolute Gasteiger partial charge is 0.379 e. The molecule has 1 fully saturated rings. The fraction of sp³-hybridized carbons (Fsp3) is 0.400. The van der Waals surface area contributed by atoms with Crippen LogP contribution in [-0.2, 0) is 5.60 Å². The molecule has 0 spiro atoms. The van der Waals surface area contributed by atoms with E-state index in [0.29, 0.717) is 6.04 Å². The molecule has 0 unspecified atom stereocenters. The molecule has 0 aliphatic carbocycles. The van der Waals surface area contributed by atoms with Crippen LogP contribution < -0.4 is 0 Å². The van der Waals surface area contributed by atoms with E-state index in [-0.39, 0.29) is 6.04 Å². The van der Waals surface area contributed by atoms with Crippen LogP contribution in [0, 0.1) is 0 Å². The molecule has 1 saturated heterocycles. The van der Waals surface area contributed by atoms with Gasteiger partial charge < -0.3 is 5.11 Å². The van der Waals surface area contributed by atoms with Gasteiger partial charge in [0.2, 0.25) is 0 Å². The van der Waals surface area contributed by atoms with Gasteiger partial charge in [-0.1, -0.05) is 60.7 Å². The first-order valence-electron chi connectivity index (χ1n) is 8.23. The van der Waals surface area contributed by atoms with Gasteiger partial charge in [-0.3, -0.25) is 4.90 Å². The molecular formula is C20H25NO. The van der Waals surface area contributed by atoms with Gasteiger partial charge >= 0.3 is 0 Å². The lowest BCUT2D eigenvalue weighted by molar-refractivity contribution is -0.0138. The first-order chi connectivity index (χ1) is 10.6. The second-order valence-electron chi connectivity index (χ2n) is 6.49. The molecule has 3 rings (SSSR count). The summed E-state index contributed by atoms with van der Waals surface area (Å²) in [5.74, 6) is 0. The van der Waals surface area contributed by atoms with Crippen molar-refractivity contribution in [2.45, 2.75) is 44.4 Å². The quantitative estimate of drug-likeness (QED) is 0.927. The monoisotopic (exact) mass is 295 g/mol. The SMILES string of the molecule is CC(C)N1CCC[C@@H]1C(O)(c1ccccc1)c1ccccc1. The van der Waals surface area contributed by atoms with Crippen LogP contribution in [0.25, 0.3) is 0 Å². The van der Waals surface area contributed by atoms with Crippen LogP contribution in [0.4, 0.5) is 0 Å². The van der Waals surface area contributed by atoms with Crippen LogP contribution in [-0.4, -0.2) is 28.6 Å². The Morgan fingerprint density at radius 3 is 1.91 bits per heavy atom. The Hall–Kier alpha value is -1.64. The Morgan fingerprint density at radius 1 is 0.955 bits per heavy atom. The predicted molar refractivity (Wildman–Crippen MR) is 90.7 cm³/mol. The molecule has 0 aromatic heterocycles. The van der Waals surface area contributed by atoms with E-state index in [0.717, 1.165) is 30.5 Å². The molecule has 22 heavy (non-hydrogen) atoms. The molecule has 1 N–H and O–H groups in total. The fourth-order valence-corrected chi connectivity index (χ4v) is 3.79. The Kier molecular flexibility index (Phi) is 4.32. The summed E-state index contributed by atoms with van der Waals surface area (Å²) in [7, 11) is 0. The zero-order valence-electron chi connectivity index (χ0n) is 13.4. The second-order valence-corrected chi connectivity index (χ2v) is 6.49. The first kappa shape index (κ1) is 15.3. The van der Waals surface area contributed by atoms with Crippen molar-refractivity contribution in [3.63, 3.8) is 0 Å². The summed E-state index contributed by atoms with van der Waals surface area (Å²) < 4.78 is 0. The van der Waals surface area contributed by atoms with Gasteiger partial charge in [0.05, 0.1) is 0 Å². The number of rotatable bonds is 4. The van der Waals surface area contributed by atoms with Crippen molar-refractivity contribution in [2.24, 2.45) is 0 Å². The summed E-state index contributed by atoms with van der Waals surface area (Å²) in [6, 6.07) is 20.8. The van der Waals surface area contributed by atoms with E-state index in [1.54, 1.807) is 0 Å². The lowest BCUT2D eigenvalue weighted by Gasteiger charge is -2.41. The van der Waals surface area contributed by atoms with E-state index in [1.165, 1.54) is 0 Å². The first-order valence-corrected chi connectivity index (χ1v) is 8.23. The number of benzene rings is 2. The zero-order chi connectivity index (χ0) is 15.6. The number of nitrogens with zero attached hydrogens (tertiary/aromatic N) is 1. The van der Waals surface area contributed by atoms with Crippen LogP contribution in [0.15, 0.2) is 60.7 Å². The van der Waals surface area contributed by atoms with E-state index in [1.807, 2.05) is 60.7 Å². The van der Waals surface area contributed by atoms with Crippen molar-refractivity contribution >= 4 is 0 Å². The summed E-state index contributed by atoms with van der Waals surface area (Å²) in [5.41, 5.74) is 1.01. The summed E-state index contributed by atoms with van der Waals surface area (Å²) >= 11 is 0. The molecule has 1 aliphatic rings. The van der Waals surface area contributed by atoms with Gasteiger partial charge in [0.15, 0.2) is 0 Å². The maximum Gasteiger partial charge on any atom is 0.130 e. The molecule has 0 amide bonds. The summed E-state index contributed by atoms with van der Waals surface area (Å²) in [5, 5.41) is 11.8. The van der Waals surface area contributed by atoms with Crippen molar-refractivity contribution < 1.29 is 5.11 Å². The molecule has 2 aromatic rings. The molecule has 1 heterocycles. The second kappa shape index (κ2) is 6.23. The number of hydrogen-bond donors (Lipinski definition) is 1. The van der Waals surface area contributed by atoms with Crippen LogP contribution in [0.1, 0.15) is 37.8 Å². The van der Waals surface area contributed by atoms with Gasteiger partial charge in [0.1, 0.15) is 5.60 Å². The fourth-order valence-electron chi connectivity index (χ4n) is 3.79. The van der Waals surface area contributed by atoms with Gasteiger partial charge in [-0.25, -0.2) is 0 Å². The number of hydrogen-bond acceptors (Lipinski definition) is 2. The molecule has 2 aromatic carbocycles. The predicted octanol–water partition coefficient (Wildman–Crippen LogP) is 3.80. The molecule has 1 atom stereocenters. The standard InChI is InChI=1S/C20H25NO/c1-16(2)21-15-9-14-19(21)20(22,17-10-5-3-6-11-17)18-12-7-4-8-13-18/h3-8,10-13,16,19,22H,9,14-15H2,1-2H3/t19-/m1/s1. The average Bonchev–Trinajstić information content (AvgIpc) is 3.06. The summed E-state index contributed by atoms with van der Waals surface area (Å²) in [4.78, 5) is 2.44. The third-order valence-corrected chi connectivity index (χ3v) is 4.87. The Bertz CT molecular complexity index is 554. The molecule has 2 heteroatoms. The number of aliphatic hydroxyl groups is 1. The highest BCUT2D eigenvalue weighted by Gasteiger charge is 2.45. The van der Waals surface area contributed by atoms with E-state index in [2.05, 4.69) is 18.7 Å². The van der Waals surface area contributed by atoms with E-state index in [4.69, 9.17) is 0 Å². The Balaban J connectivity index is 2.12. The minimum atomic E-state index is -0.955. The van der Waals surface area contributed by atoms with Crippen LogP contribution in [0.5, 0.6) is 0 Å². The maximum atomic E-state index is 11.8.